The van der Waals surface area contributed by atoms with Gasteiger partial charge in [-0.1, -0.05) is 0 Å². The predicted molar refractivity (Wildman–Crippen MR) is 60.8 cm³/mol. The van der Waals surface area contributed by atoms with E-state index >= 15 is 0 Å². The number of benzene rings is 1. The number of hydrogen-bond donors (Lipinski definition) is 1. The molecule has 0 amide bonds. The van der Waals surface area contributed by atoms with Crippen molar-refractivity contribution in [2.45, 2.75) is 19.8 Å². The number of ketones is 1. The van der Waals surface area contributed by atoms with Gasteiger partial charge in [0, 0.05) is 0 Å². The highest BCUT2D eigenvalue weighted by Gasteiger charge is 2.28. The fraction of sp³-hybridized carbons (Fsp3) is 0.333. The van der Waals surface area contributed by atoms with Gasteiger partial charge in [0.05, 0.1) is 6.61 Å². The first-order valence-corrected chi connectivity index (χ1v) is 5.30. The molecule has 18 heavy (non-hydrogen) atoms. The Morgan fingerprint density at radius 1 is 1.33 bits per heavy atom. The second kappa shape index (κ2) is 5.57. The SMILES string of the molecule is CCOC(=O)C(C(C)=O)c1cc(F)c(N)c(F)c1. The molecule has 98 valence electrons. The summed E-state index contributed by atoms with van der Waals surface area (Å²) < 4.78 is 31.3. The molecule has 0 fully saturated rings. The van der Waals surface area contributed by atoms with Crippen LogP contribution in [-0.2, 0) is 14.3 Å². The van der Waals surface area contributed by atoms with Gasteiger partial charge in [-0.25, -0.2) is 8.78 Å². The van der Waals surface area contributed by atoms with Gasteiger partial charge in [-0.15, -0.1) is 0 Å². The van der Waals surface area contributed by atoms with Crippen molar-refractivity contribution in [3.05, 3.63) is 29.3 Å². The van der Waals surface area contributed by atoms with Gasteiger partial charge in [0.25, 0.3) is 0 Å². The van der Waals surface area contributed by atoms with E-state index < -0.39 is 35.0 Å². The van der Waals surface area contributed by atoms with Crippen molar-refractivity contribution in [2.75, 3.05) is 12.3 Å². The minimum atomic E-state index is -1.34. The fourth-order valence-corrected chi connectivity index (χ4v) is 1.53. The zero-order valence-corrected chi connectivity index (χ0v) is 10.00. The van der Waals surface area contributed by atoms with E-state index in [-0.39, 0.29) is 12.2 Å². The van der Waals surface area contributed by atoms with Crippen LogP contribution in [0, 0.1) is 11.6 Å². The summed E-state index contributed by atoms with van der Waals surface area (Å²) in [6.45, 7) is 2.79. The number of ether oxygens (including phenoxy) is 1. The Labute approximate surface area is 103 Å². The van der Waals surface area contributed by atoms with Crippen molar-refractivity contribution in [2.24, 2.45) is 0 Å². The Kier molecular flexibility index (Phi) is 4.36. The van der Waals surface area contributed by atoms with Crippen molar-refractivity contribution < 1.29 is 23.1 Å². The van der Waals surface area contributed by atoms with E-state index in [0.717, 1.165) is 19.1 Å². The second-order valence-electron chi connectivity index (χ2n) is 3.69. The molecule has 2 N–H and O–H groups in total. The molecule has 4 nitrogen and oxygen atoms in total. The van der Waals surface area contributed by atoms with E-state index in [9.17, 15) is 18.4 Å². The molecule has 1 aromatic carbocycles. The molecule has 1 unspecified atom stereocenters. The lowest BCUT2D eigenvalue weighted by atomic mass is 9.95. The zero-order valence-electron chi connectivity index (χ0n) is 10.00. The van der Waals surface area contributed by atoms with Crippen LogP contribution in [0.2, 0.25) is 0 Å². The van der Waals surface area contributed by atoms with Crippen molar-refractivity contribution in [1.29, 1.82) is 0 Å². The molecule has 0 spiro atoms. The first kappa shape index (κ1) is 14.1. The van der Waals surface area contributed by atoms with E-state index in [1.54, 1.807) is 6.92 Å². The lowest BCUT2D eigenvalue weighted by molar-refractivity contribution is -0.147. The number of Topliss-reactive ketones (excluding diaryl/α,β-unsaturated/α-hetero) is 1. The van der Waals surface area contributed by atoms with Crippen LogP contribution >= 0.6 is 0 Å². The summed E-state index contributed by atoms with van der Waals surface area (Å²) in [5.41, 5.74) is 4.36. The van der Waals surface area contributed by atoms with Crippen molar-refractivity contribution in [1.82, 2.24) is 0 Å². The first-order valence-electron chi connectivity index (χ1n) is 5.30. The number of esters is 1. The minimum Gasteiger partial charge on any atom is -0.465 e. The van der Waals surface area contributed by atoms with Crippen LogP contribution in [0.3, 0.4) is 0 Å². The van der Waals surface area contributed by atoms with Crippen molar-refractivity contribution >= 4 is 17.4 Å². The molecule has 0 radical (unpaired) electrons. The number of nitrogen functional groups attached to an aromatic ring is 1. The molecule has 0 saturated carbocycles. The lowest BCUT2D eigenvalue weighted by Gasteiger charge is -2.13. The largest absolute Gasteiger partial charge is 0.465 e. The highest BCUT2D eigenvalue weighted by Crippen LogP contribution is 2.25. The average Bonchev–Trinajstić information content (AvgIpc) is 2.25. The maximum atomic E-state index is 13.3. The van der Waals surface area contributed by atoms with Crippen LogP contribution in [0.25, 0.3) is 0 Å². The monoisotopic (exact) mass is 257 g/mol. The minimum absolute atomic E-state index is 0.0720. The third-order valence-corrected chi connectivity index (χ3v) is 2.36. The maximum absolute atomic E-state index is 13.3. The Hall–Kier alpha value is -1.98. The average molecular weight is 257 g/mol. The number of halogens is 2. The number of nitrogens with two attached hydrogens (primary N) is 1. The van der Waals surface area contributed by atoms with E-state index in [0.29, 0.717) is 0 Å². The fourth-order valence-electron chi connectivity index (χ4n) is 1.53. The third-order valence-electron chi connectivity index (χ3n) is 2.36. The molecule has 0 aliphatic carbocycles. The molecule has 1 aromatic rings. The Morgan fingerprint density at radius 3 is 2.22 bits per heavy atom. The van der Waals surface area contributed by atoms with Gasteiger partial charge < -0.3 is 10.5 Å². The number of rotatable bonds is 4. The summed E-state index contributed by atoms with van der Waals surface area (Å²) in [5.74, 6) is -4.76. The van der Waals surface area contributed by atoms with E-state index in [4.69, 9.17) is 10.5 Å². The normalized spacial score (nSPS) is 12.0. The molecule has 0 heterocycles. The summed E-state index contributed by atoms with van der Waals surface area (Å²) in [6.07, 6.45) is 0. The van der Waals surface area contributed by atoms with Gasteiger partial charge in [-0.05, 0) is 31.5 Å². The quantitative estimate of drug-likeness (QED) is 0.507. The van der Waals surface area contributed by atoms with Gasteiger partial charge in [-0.3, -0.25) is 9.59 Å². The van der Waals surface area contributed by atoms with E-state index in [1.165, 1.54) is 0 Å². The highest BCUT2D eigenvalue weighted by atomic mass is 19.1. The van der Waals surface area contributed by atoms with Gasteiger partial charge in [-0.2, -0.15) is 0 Å². The predicted octanol–water partition coefficient (Wildman–Crippen LogP) is 1.78. The third kappa shape index (κ3) is 2.82. The molecule has 0 aliphatic heterocycles. The van der Waals surface area contributed by atoms with Crippen molar-refractivity contribution in [3.63, 3.8) is 0 Å². The lowest BCUT2D eigenvalue weighted by Crippen LogP contribution is -2.22. The van der Waals surface area contributed by atoms with Gasteiger partial charge >= 0.3 is 5.97 Å². The molecular weight excluding hydrogens is 244 g/mol. The van der Waals surface area contributed by atoms with Crippen molar-refractivity contribution in [3.8, 4) is 0 Å². The molecule has 6 heteroatoms. The Balaban J connectivity index is 3.22. The molecular formula is C12H13F2NO3. The zero-order chi connectivity index (χ0) is 13.9. The van der Waals surface area contributed by atoms with E-state index in [2.05, 4.69) is 0 Å². The van der Waals surface area contributed by atoms with Gasteiger partial charge in [0.1, 0.15) is 29.0 Å². The van der Waals surface area contributed by atoms with Gasteiger partial charge in [0.15, 0.2) is 0 Å². The maximum Gasteiger partial charge on any atom is 0.320 e. The standard InChI is InChI=1S/C12H13F2NO3/c1-3-18-12(17)10(6(2)16)7-4-8(13)11(15)9(14)5-7/h4-5,10H,3,15H2,1-2H3. The number of hydrogen-bond acceptors (Lipinski definition) is 4. The molecule has 1 rings (SSSR count). The summed E-state index contributed by atoms with van der Waals surface area (Å²) in [5, 5.41) is 0. The summed E-state index contributed by atoms with van der Waals surface area (Å²) in [4.78, 5) is 23.0. The molecule has 1 atom stereocenters. The first-order chi connectivity index (χ1) is 8.38. The number of carbonyl (C=O) groups is 2. The molecule has 0 aromatic heterocycles. The Morgan fingerprint density at radius 2 is 1.83 bits per heavy atom. The topological polar surface area (TPSA) is 69.4 Å². The Bertz CT molecular complexity index is 465. The van der Waals surface area contributed by atoms with Crippen LogP contribution in [0.4, 0.5) is 14.5 Å². The highest BCUT2D eigenvalue weighted by molar-refractivity contribution is 6.03. The van der Waals surface area contributed by atoms with Crippen LogP contribution in [0.15, 0.2) is 12.1 Å². The number of carbonyl (C=O) groups excluding carboxylic acids is 2. The van der Waals surface area contributed by atoms with Crippen LogP contribution in [0.1, 0.15) is 25.3 Å². The van der Waals surface area contributed by atoms with Crippen LogP contribution in [-0.4, -0.2) is 18.4 Å². The van der Waals surface area contributed by atoms with E-state index in [1.807, 2.05) is 0 Å². The number of anilines is 1. The summed E-state index contributed by atoms with van der Waals surface area (Å²) >= 11 is 0. The van der Waals surface area contributed by atoms with Gasteiger partial charge in [0.2, 0.25) is 0 Å². The smallest absolute Gasteiger partial charge is 0.320 e. The molecule has 0 bridgehead atoms. The summed E-state index contributed by atoms with van der Waals surface area (Å²) in [6, 6.07) is 1.72. The summed E-state index contributed by atoms with van der Waals surface area (Å²) in [7, 11) is 0. The van der Waals surface area contributed by atoms with Crippen LogP contribution in [0.5, 0.6) is 0 Å². The molecule has 0 saturated heterocycles. The second-order valence-corrected chi connectivity index (χ2v) is 3.69. The van der Waals surface area contributed by atoms with Crippen LogP contribution < -0.4 is 5.73 Å². The molecule has 0 aliphatic rings.